The molecule has 16 heavy (non-hydrogen) atoms. The molecule has 1 fully saturated rings. The first-order chi connectivity index (χ1) is 7.68. The Morgan fingerprint density at radius 3 is 2.56 bits per heavy atom. The summed E-state index contributed by atoms with van der Waals surface area (Å²) in [4.78, 5) is 16.8. The average molecular weight is 237 g/mol. The van der Waals surface area contributed by atoms with E-state index in [2.05, 4.69) is 19.1 Å². The zero-order valence-electron chi connectivity index (χ0n) is 10.0. The van der Waals surface area contributed by atoms with Crippen molar-refractivity contribution in [1.82, 2.24) is 4.90 Å². The maximum Gasteiger partial charge on any atom is 0.230 e. The molecule has 1 amide bonds. The summed E-state index contributed by atoms with van der Waals surface area (Å²) in [6.45, 7) is 6.02. The molecule has 0 aliphatic carbocycles. The third kappa shape index (κ3) is 2.46. The number of aryl methyl sites for hydroxylation is 1. The molecule has 2 nitrogen and oxygen atoms in total. The van der Waals surface area contributed by atoms with Crippen molar-refractivity contribution in [3.8, 4) is 0 Å². The molecule has 0 bridgehead atoms. The topological polar surface area (TPSA) is 20.3 Å². The molecular formula is C13H19NOS. The van der Waals surface area contributed by atoms with Crippen LogP contribution in [0, 0.1) is 6.92 Å². The Kier molecular flexibility index (Phi) is 3.64. The summed E-state index contributed by atoms with van der Waals surface area (Å²) < 4.78 is 0. The summed E-state index contributed by atoms with van der Waals surface area (Å²) in [5, 5.41) is 0. The molecule has 1 aliphatic rings. The van der Waals surface area contributed by atoms with Crippen LogP contribution < -0.4 is 0 Å². The molecule has 1 aromatic rings. The molecule has 0 spiro atoms. The number of rotatable bonds is 2. The predicted octanol–water partition coefficient (Wildman–Crippen LogP) is 3.17. The van der Waals surface area contributed by atoms with Crippen LogP contribution in [0.25, 0.3) is 0 Å². The highest BCUT2D eigenvalue weighted by Crippen LogP contribution is 2.26. The molecule has 0 saturated carbocycles. The van der Waals surface area contributed by atoms with Crippen LogP contribution in [0.3, 0.4) is 0 Å². The fraction of sp³-hybridized carbons (Fsp3) is 0.615. The molecule has 2 rings (SSSR count). The minimum absolute atomic E-state index is 0.0387. The van der Waals surface area contributed by atoms with E-state index < -0.39 is 0 Å². The van der Waals surface area contributed by atoms with E-state index in [1.54, 1.807) is 11.3 Å². The SMILES string of the molecule is Cc1ccc(C(C)C(=O)N2CCCCC2)s1. The van der Waals surface area contributed by atoms with Gasteiger partial charge in [0.25, 0.3) is 0 Å². The minimum atomic E-state index is 0.0387. The first-order valence-corrected chi connectivity index (χ1v) is 6.85. The minimum Gasteiger partial charge on any atom is -0.342 e. The lowest BCUT2D eigenvalue weighted by atomic mass is 10.1. The number of hydrogen-bond donors (Lipinski definition) is 0. The van der Waals surface area contributed by atoms with Crippen molar-refractivity contribution in [1.29, 1.82) is 0 Å². The maximum atomic E-state index is 12.2. The molecule has 1 unspecified atom stereocenters. The van der Waals surface area contributed by atoms with E-state index in [4.69, 9.17) is 0 Å². The molecule has 1 aliphatic heterocycles. The van der Waals surface area contributed by atoms with E-state index >= 15 is 0 Å². The lowest BCUT2D eigenvalue weighted by molar-refractivity contribution is -0.133. The number of carbonyl (C=O) groups excluding carboxylic acids is 1. The molecule has 1 atom stereocenters. The summed E-state index contributed by atoms with van der Waals surface area (Å²) in [7, 11) is 0. The molecule has 0 N–H and O–H groups in total. The number of amides is 1. The van der Waals surface area contributed by atoms with Crippen LogP contribution in [-0.4, -0.2) is 23.9 Å². The van der Waals surface area contributed by atoms with Gasteiger partial charge in [0.05, 0.1) is 5.92 Å². The van der Waals surface area contributed by atoms with E-state index in [0.717, 1.165) is 13.1 Å². The van der Waals surface area contributed by atoms with E-state index in [0.29, 0.717) is 5.91 Å². The van der Waals surface area contributed by atoms with Crippen LogP contribution in [0.4, 0.5) is 0 Å². The average Bonchev–Trinajstić information content (AvgIpc) is 2.75. The van der Waals surface area contributed by atoms with Crippen LogP contribution in [0.2, 0.25) is 0 Å². The molecule has 0 radical (unpaired) electrons. The van der Waals surface area contributed by atoms with Crippen molar-refractivity contribution < 1.29 is 4.79 Å². The summed E-state index contributed by atoms with van der Waals surface area (Å²) in [5.74, 6) is 0.346. The summed E-state index contributed by atoms with van der Waals surface area (Å²) in [6.07, 6.45) is 3.61. The molecular weight excluding hydrogens is 218 g/mol. The van der Waals surface area contributed by atoms with Gasteiger partial charge < -0.3 is 4.90 Å². The van der Waals surface area contributed by atoms with Gasteiger partial charge in [-0.15, -0.1) is 11.3 Å². The summed E-state index contributed by atoms with van der Waals surface area (Å²) in [6, 6.07) is 4.19. The number of thiophene rings is 1. The highest BCUT2D eigenvalue weighted by molar-refractivity contribution is 7.12. The highest BCUT2D eigenvalue weighted by Gasteiger charge is 2.23. The van der Waals surface area contributed by atoms with Crippen molar-refractivity contribution >= 4 is 17.2 Å². The van der Waals surface area contributed by atoms with Gasteiger partial charge in [-0.25, -0.2) is 0 Å². The van der Waals surface area contributed by atoms with Crippen LogP contribution in [0.15, 0.2) is 12.1 Å². The number of likely N-dealkylation sites (tertiary alicyclic amines) is 1. The van der Waals surface area contributed by atoms with E-state index in [1.807, 2.05) is 11.8 Å². The lowest BCUT2D eigenvalue weighted by Gasteiger charge is -2.28. The molecule has 88 valence electrons. The van der Waals surface area contributed by atoms with Crippen molar-refractivity contribution in [2.45, 2.75) is 39.0 Å². The number of hydrogen-bond acceptors (Lipinski definition) is 2. The molecule has 0 aromatic carbocycles. The Morgan fingerprint density at radius 2 is 2.00 bits per heavy atom. The van der Waals surface area contributed by atoms with Crippen molar-refractivity contribution in [3.05, 3.63) is 21.9 Å². The van der Waals surface area contributed by atoms with Gasteiger partial charge in [-0.05, 0) is 45.2 Å². The number of nitrogens with zero attached hydrogens (tertiary/aromatic N) is 1. The highest BCUT2D eigenvalue weighted by atomic mass is 32.1. The monoisotopic (exact) mass is 237 g/mol. The Bertz CT molecular complexity index is 366. The van der Waals surface area contributed by atoms with Gasteiger partial charge in [0.1, 0.15) is 0 Å². The molecule has 2 heterocycles. The van der Waals surface area contributed by atoms with Gasteiger partial charge in [0.15, 0.2) is 0 Å². The van der Waals surface area contributed by atoms with Crippen molar-refractivity contribution in [2.75, 3.05) is 13.1 Å². The van der Waals surface area contributed by atoms with Crippen LogP contribution in [-0.2, 0) is 4.79 Å². The van der Waals surface area contributed by atoms with Crippen LogP contribution in [0.1, 0.15) is 41.9 Å². The Labute approximate surface area is 101 Å². The quantitative estimate of drug-likeness (QED) is 0.773. The third-order valence-electron chi connectivity index (χ3n) is 3.23. The number of piperidine rings is 1. The number of carbonyl (C=O) groups is 1. The van der Waals surface area contributed by atoms with E-state index in [9.17, 15) is 4.79 Å². The standard InChI is InChI=1S/C13H19NOS/c1-10-6-7-12(16-10)11(2)13(15)14-8-4-3-5-9-14/h6-7,11H,3-5,8-9H2,1-2H3. The van der Waals surface area contributed by atoms with E-state index in [1.165, 1.54) is 29.0 Å². The van der Waals surface area contributed by atoms with Gasteiger partial charge in [0, 0.05) is 22.8 Å². The van der Waals surface area contributed by atoms with Gasteiger partial charge >= 0.3 is 0 Å². The first-order valence-electron chi connectivity index (χ1n) is 6.03. The fourth-order valence-electron chi connectivity index (χ4n) is 2.20. The second-order valence-electron chi connectivity index (χ2n) is 4.56. The molecule has 3 heteroatoms. The zero-order valence-corrected chi connectivity index (χ0v) is 10.8. The van der Waals surface area contributed by atoms with Crippen LogP contribution >= 0.6 is 11.3 Å². The van der Waals surface area contributed by atoms with Gasteiger partial charge in [0.2, 0.25) is 5.91 Å². The third-order valence-corrected chi connectivity index (χ3v) is 4.41. The predicted molar refractivity (Wildman–Crippen MR) is 67.9 cm³/mol. The maximum absolute atomic E-state index is 12.2. The fourth-order valence-corrected chi connectivity index (χ4v) is 3.12. The van der Waals surface area contributed by atoms with Crippen molar-refractivity contribution in [3.63, 3.8) is 0 Å². The largest absolute Gasteiger partial charge is 0.342 e. The Morgan fingerprint density at radius 1 is 1.31 bits per heavy atom. The van der Waals surface area contributed by atoms with Gasteiger partial charge in [-0.1, -0.05) is 0 Å². The zero-order chi connectivity index (χ0) is 11.5. The second kappa shape index (κ2) is 5.00. The van der Waals surface area contributed by atoms with Gasteiger partial charge in [-0.3, -0.25) is 4.79 Å². The van der Waals surface area contributed by atoms with Gasteiger partial charge in [-0.2, -0.15) is 0 Å². The van der Waals surface area contributed by atoms with Crippen molar-refractivity contribution in [2.24, 2.45) is 0 Å². The summed E-state index contributed by atoms with van der Waals surface area (Å²) >= 11 is 1.74. The van der Waals surface area contributed by atoms with E-state index in [-0.39, 0.29) is 5.92 Å². The first kappa shape index (κ1) is 11.6. The lowest BCUT2D eigenvalue weighted by Crippen LogP contribution is -2.37. The summed E-state index contributed by atoms with van der Waals surface area (Å²) in [5.41, 5.74) is 0. The Balaban J connectivity index is 2.03. The second-order valence-corrected chi connectivity index (χ2v) is 5.88. The smallest absolute Gasteiger partial charge is 0.230 e. The Hall–Kier alpha value is -0.830. The normalized spacial score (nSPS) is 18.5. The molecule has 1 aromatic heterocycles. The van der Waals surface area contributed by atoms with Crippen LogP contribution in [0.5, 0.6) is 0 Å². The molecule has 1 saturated heterocycles.